The summed E-state index contributed by atoms with van der Waals surface area (Å²) in [4.78, 5) is 24.4. The molecule has 7 heteroatoms. The van der Waals surface area contributed by atoms with Crippen LogP contribution in [0.2, 0.25) is 0 Å². The summed E-state index contributed by atoms with van der Waals surface area (Å²) < 4.78 is 37.2. The Labute approximate surface area is 131 Å². The highest BCUT2D eigenvalue weighted by Crippen LogP contribution is 2.27. The van der Waals surface area contributed by atoms with Crippen molar-refractivity contribution < 1.29 is 27.5 Å². The summed E-state index contributed by atoms with van der Waals surface area (Å²) in [5.41, 5.74) is -1.73. The van der Waals surface area contributed by atoms with Crippen molar-refractivity contribution in [1.29, 1.82) is 0 Å². The second-order valence-corrected chi connectivity index (χ2v) is 5.13. The van der Waals surface area contributed by atoms with Crippen LogP contribution in [0.1, 0.15) is 28.6 Å². The molecule has 1 aromatic carbocycles. The van der Waals surface area contributed by atoms with Gasteiger partial charge in [0.25, 0.3) is 5.91 Å². The first-order valence-electron chi connectivity index (χ1n) is 6.70. The largest absolute Gasteiger partial charge is 0.467 e. The van der Waals surface area contributed by atoms with Gasteiger partial charge in [0.2, 0.25) is 0 Å². The van der Waals surface area contributed by atoms with Crippen LogP contribution in [0.25, 0.3) is 0 Å². The van der Waals surface area contributed by atoms with Crippen molar-refractivity contribution in [2.75, 3.05) is 7.11 Å². The molecule has 0 bridgehead atoms. The first-order chi connectivity index (χ1) is 10.8. The fourth-order valence-electron chi connectivity index (χ4n) is 2.20. The number of nitrogens with one attached hydrogen (secondary N) is 1. The molecule has 122 valence electrons. The minimum absolute atomic E-state index is 0.0306. The van der Waals surface area contributed by atoms with E-state index >= 15 is 0 Å². The molecule has 1 aromatic heterocycles. The van der Waals surface area contributed by atoms with E-state index in [1.54, 1.807) is 13.0 Å². The first-order valence-corrected chi connectivity index (χ1v) is 6.70. The summed E-state index contributed by atoms with van der Waals surface area (Å²) in [7, 11) is 1.09. The van der Waals surface area contributed by atoms with Crippen molar-refractivity contribution in [3.8, 4) is 0 Å². The van der Waals surface area contributed by atoms with E-state index in [0.29, 0.717) is 5.56 Å². The highest BCUT2D eigenvalue weighted by Gasteiger charge is 2.41. The summed E-state index contributed by atoms with van der Waals surface area (Å²) in [6.45, 7) is 2.86. The number of hydrogen-bond acceptors (Lipinski definition) is 4. The van der Waals surface area contributed by atoms with Crippen LogP contribution in [0, 0.1) is 18.6 Å². The predicted molar refractivity (Wildman–Crippen MR) is 76.6 cm³/mol. The van der Waals surface area contributed by atoms with Crippen LogP contribution < -0.4 is 5.32 Å². The molecular formula is C16H15F2NO4. The topological polar surface area (TPSA) is 68.5 Å². The van der Waals surface area contributed by atoms with Gasteiger partial charge >= 0.3 is 5.97 Å². The lowest BCUT2D eigenvalue weighted by Crippen LogP contribution is -2.50. The van der Waals surface area contributed by atoms with Crippen LogP contribution in [0.4, 0.5) is 8.78 Å². The van der Waals surface area contributed by atoms with Gasteiger partial charge < -0.3 is 14.5 Å². The van der Waals surface area contributed by atoms with Gasteiger partial charge in [0.05, 0.1) is 13.4 Å². The number of halogens is 2. The molecule has 0 radical (unpaired) electrons. The quantitative estimate of drug-likeness (QED) is 0.879. The van der Waals surface area contributed by atoms with Gasteiger partial charge in [-0.25, -0.2) is 13.6 Å². The van der Waals surface area contributed by atoms with Crippen LogP contribution in [-0.2, 0) is 15.1 Å². The Hall–Kier alpha value is -2.70. The Kier molecular flexibility index (Phi) is 4.49. The number of hydrogen-bond donors (Lipinski definition) is 1. The highest BCUT2D eigenvalue weighted by atomic mass is 19.1. The standard InChI is InChI=1S/C16H15F2NO4/c1-9-6-7-23-13(9)14(20)19-16(2,15(21)22-3)11-8-10(17)4-5-12(11)18/h4-8H,1-3H3,(H,19,20). The van der Waals surface area contributed by atoms with Crippen molar-refractivity contribution in [2.24, 2.45) is 0 Å². The average Bonchev–Trinajstić information content (AvgIpc) is 2.94. The second kappa shape index (κ2) is 6.20. The summed E-state index contributed by atoms with van der Waals surface area (Å²) in [5, 5.41) is 2.36. The number of amides is 1. The molecule has 0 saturated heterocycles. The zero-order valence-electron chi connectivity index (χ0n) is 12.8. The zero-order chi connectivity index (χ0) is 17.2. The fraction of sp³-hybridized carbons (Fsp3) is 0.250. The molecule has 0 fully saturated rings. The van der Waals surface area contributed by atoms with Gasteiger partial charge in [0, 0.05) is 11.1 Å². The minimum Gasteiger partial charge on any atom is -0.467 e. The molecule has 2 rings (SSSR count). The van der Waals surface area contributed by atoms with Crippen LogP contribution in [0.3, 0.4) is 0 Å². The van der Waals surface area contributed by atoms with E-state index in [1.807, 2.05) is 0 Å². The van der Waals surface area contributed by atoms with Gasteiger partial charge in [0.15, 0.2) is 11.3 Å². The van der Waals surface area contributed by atoms with Gasteiger partial charge in [-0.05, 0) is 38.1 Å². The molecule has 1 atom stereocenters. The summed E-state index contributed by atoms with van der Waals surface area (Å²) >= 11 is 0. The SMILES string of the molecule is COC(=O)C(C)(NC(=O)c1occc1C)c1cc(F)ccc1F. The highest BCUT2D eigenvalue weighted by molar-refractivity contribution is 5.97. The average molecular weight is 323 g/mol. The van der Waals surface area contributed by atoms with Crippen molar-refractivity contribution >= 4 is 11.9 Å². The molecule has 0 aliphatic heterocycles. The molecule has 1 N–H and O–H groups in total. The van der Waals surface area contributed by atoms with Gasteiger partial charge in [0.1, 0.15) is 11.6 Å². The lowest BCUT2D eigenvalue weighted by atomic mass is 9.91. The number of aryl methyl sites for hydroxylation is 1. The van der Waals surface area contributed by atoms with Crippen LogP contribution in [0.15, 0.2) is 34.9 Å². The summed E-state index contributed by atoms with van der Waals surface area (Å²) in [5.74, 6) is -3.32. The van der Waals surface area contributed by atoms with Crippen molar-refractivity contribution in [1.82, 2.24) is 5.32 Å². The molecule has 0 saturated carbocycles. The number of carbonyl (C=O) groups is 2. The summed E-state index contributed by atoms with van der Waals surface area (Å²) in [6, 6.07) is 4.18. The Morgan fingerprint density at radius 3 is 2.52 bits per heavy atom. The Morgan fingerprint density at radius 2 is 1.96 bits per heavy atom. The van der Waals surface area contributed by atoms with E-state index in [0.717, 1.165) is 25.3 Å². The maximum absolute atomic E-state index is 14.1. The fourth-order valence-corrected chi connectivity index (χ4v) is 2.20. The number of esters is 1. The van der Waals surface area contributed by atoms with Crippen LogP contribution >= 0.6 is 0 Å². The van der Waals surface area contributed by atoms with E-state index in [4.69, 9.17) is 4.42 Å². The van der Waals surface area contributed by atoms with E-state index < -0.39 is 29.0 Å². The van der Waals surface area contributed by atoms with E-state index in [2.05, 4.69) is 10.1 Å². The lowest BCUT2D eigenvalue weighted by molar-refractivity contribution is -0.148. The third kappa shape index (κ3) is 3.08. The second-order valence-electron chi connectivity index (χ2n) is 5.13. The normalized spacial score (nSPS) is 13.3. The lowest BCUT2D eigenvalue weighted by Gasteiger charge is -2.28. The van der Waals surface area contributed by atoms with Gasteiger partial charge in [-0.2, -0.15) is 0 Å². The van der Waals surface area contributed by atoms with E-state index in [1.165, 1.54) is 13.2 Å². The van der Waals surface area contributed by atoms with Crippen molar-refractivity contribution in [3.05, 3.63) is 59.1 Å². The molecule has 0 aliphatic carbocycles. The molecular weight excluding hydrogens is 308 g/mol. The molecule has 5 nitrogen and oxygen atoms in total. The Morgan fingerprint density at radius 1 is 1.26 bits per heavy atom. The van der Waals surface area contributed by atoms with Gasteiger partial charge in [-0.15, -0.1) is 0 Å². The predicted octanol–water partition coefficient (Wildman–Crippen LogP) is 2.68. The van der Waals surface area contributed by atoms with Gasteiger partial charge in [-0.3, -0.25) is 4.79 Å². The molecule has 23 heavy (non-hydrogen) atoms. The zero-order valence-corrected chi connectivity index (χ0v) is 12.8. The van der Waals surface area contributed by atoms with Crippen molar-refractivity contribution in [3.63, 3.8) is 0 Å². The Bertz CT molecular complexity index is 756. The smallest absolute Gasteiger partial charge is 0.336 e. The van der Waals surface area contributed by atoms with E-state index in [-0.39, 0.29) is 11.3 Å². The third-order valence-corrected chi connectivity index (χ3v) is 3.49. The molecule has 1 heterocycles. The number of furan rings is 1. The minimum atomic E-state index is -1.92. The molecule has 1 amide bonds. The molecule has 2 aromatic rings. The Balaban J connectivity index is 2.48. The van der Waals surface area contributed by atoms with Crippen LogP contribution in [-0.4, -0.2) is 19.0 Å². The summed E-state index contributed by atoms with van der Waals surface area (Å²) in [6.07, 6.45) is 1.31. The van der Waals surface area contributed by atoms with Crippen LogP contribution in [0.5, 0.6) is 0 Å². The monoisotopic (exact) mass is 323 g/mol. The van der Waals surface area contributed by atoms with Crippen molar-refractivity contribution in [2.45, 2.75) is 19.4 Å². The van der Waals surface area contributed by atoms with Gasteiger partial charge in [-0.1, -0.05) is 0 Å². The number of carbonyl (C=O) groups excluding carboxylic acids is 2. The molecule has 1 unspecified atom stereocenters. The third-order valence-electron chi connectivity index (χ3n) is 3.49. The van der Waals surface area contributed by atoms with E-state index in [9.17, 15) is 18.4 Å². The number of benzene rings is 1. The maximum atomic E-state index is 14.1. The number of rotatable bonds is 4. The number of ether oxygens (including phenoxy) is 1. The number of methoxy groups -OCH3 is 1. The first kappa shape index (κ1) is 16.7. The maximum Gasteiger partial charge on any atom is 0.336 e. The molecule has 0 aliphatic rings. The molecule has 0 spiro atoms.